The van der Waals surface area contributed by atoms with Gasteiger partial charge in [0.15, 0.2) is 0 Å². The third-order valence-electron chi connectivity index (χ3n) is 2.24. The highest BCUT2D eigenvalue weighted by molar-refractivity contribution is 8.12. The molecule has 0 heterocycles. The first-order chi connectivity index (χ1) is 6.33. The number of thioether (sulfide) groups is 1. The van der Waals surface area contributed by atoms with Crippen molar-refractivity contribution in [2.45, 2.75) is 38.1 Å². The number of amides is 1. The fourth-order valence-electron chi connectivity index (χ4n) is 1.49. The molecule has 13 heavy (non-hydrogen) atoms. The molecule has 1 N–H and O–H groups in total. The van der Waals surface area contributed by atoms with Crippen LogP contribution < -0.4 is 5.32 Å². The van der Waals surface area contributed by atoms with Crippen molar-refractivity contribution in [1.29, 1.82) is 0 Å². The van der Waals surface area contributed by atoms with E-state index >= 15 is 0 Å². The van der Waals surface area contributed by atoms with Crippen molar-refractivity contribution in [1.82, 2.24) is 5.32 Å². The van der Waals surface area contributed by atoms with Crippen LogP contribution in [-0.2, 0) is 0 Å². The number of rotatable bonds is 1. The van der Waals surface area contributed by atoms with Crippen LogP contribution in [-0.4, -0.2) is 17.5 Å². The van der Waals surface area contributed by atoms with E-state index in [0.717, 1.165) is 12.8 Å². The molecule has 1 rings (SSSR count). The number of hydrogen-bond donors (Lipinski definition) is 1. The molecule has 1 aliphatic rings. The Labute approximate surface area is 84.2 Å². The molecule has 1 atom stereocenters. The third kappa shape index (κ3) is 4.36. The largest absolute Gasteiger partial charge is 0.341 e. The normalized spacial score (nSPS) is 25.8. The fraction of sp³-hybridized carbons (Fsp3) is 0.700. The molecule has 0 aliphatic heterocycles. The Morgan fingerprint density at radius 1 is 1.46 bits per heavy atom. The summed E-state index contributed by atoms with van der Waals surface area (Å²) in [5.74, 6) is 0. The molecule has 0 fully saturated rings. The predicted molar refractivity (Wildman–Crippen MR) is 58.1 cm³/mol. The Balaban J connectivity index is 2.37. The second kappa shape index (κ2) is 6.08. The molecule has 0 saturated heterocycles. The van der Waals surface area contributed by atoms with Crippen LogP contribution in [0.3, 0.4) is 0 Å². The van der Waals surface area contributed by atoms with Crippen molar-refractivity contribution in [3.8, 4) is 0 Å². The maximum absolute atomic E-state index is 11.1. The lowest BCUT2D eigenvalue weighted by Crippen LogP contribution is -2.30. The van der Waals surface area contributed by atoms with Gasteiger partial charge in [-0.3, -0.25) is 4.79 Å². The molecule has 3 heteroatoms. The highest BCUT2D eigenvalue weighted by Gasteiger charge is 2.08. The summed E-state index contributed by atoms with van der Waals surface area (Å²) in [5, 5.41) is 3.05. The average Bonchev–Trinajstić information content (AvgIpc) is 2.09. The zero-order chi connectivity index (χ0) is 9.52. The third-order valence-corrected chi connectivity index (χ3v) is 2.73. The van der Waals surface area contributed by atoms with E-state index in [9.17, 15) is 4.79 Å². The molecule has 0 radical (unpaired) electrons. The summed E-state index contributed by atoms with van der Waals surface area (Å²) in [6.45, 7) is 0. The molecule has 1 amide bonds. The monoisotopic (exact) mass is 199 g/mol. The molecular weight excluding hydrogens is 182 g/mol. The molecule has 1 unspecified atom stereocenters. The van der Waals surface area contributed by atoms with E-state index in [4.69, 9.17) is 0 Å². The Hall–Kier alpha value is -0.440. The quantitative estimate of drug-likeness (QED) is 0.658. The number of allylic oxidation sites excluding steroid dienone is 1. The maximum Gasteiger partial charge on any atom is 0.279 e. The van der Waals surface area contributed by atoms with Crippen LogP contribution in [0.4, 0.5) is 4.79 Å². The number of nitrogens with one attached hydrogen (secondary N) is 1. The van der Waals surface area contributed by atoms with Gasteiger partial charge in [0.1, 0.15) is 0 Å². The lowest BCUT2D eigenvalue weighted by molar-refractivity contribution is 0.258. The van der Waals surface area contributed by atoms with Gasteiger partial charge in [0.05, 0.1) is 0 Å². The van der Waals surface area contributed by atoms with Crippen LogP contribution in [0.5, 0.6) is 0 Å². The Kier molecular flexibility index (Phi) is 4.98. The second-order valence-corrected chi connectivity index (χ2v) is 4.09. The Morgan fingerprint density at radius 3 is 3.08 bits per heavy atom. The lowest BCUT2D eigenvalue weighted by atomic mass is 10.0. The van der Waals surface area contributed by atoms with Gasteiger partial charge in [-0.05, 0) is 25.5 Å². The highest BCUT2D eigenvalue weighted by Crippen LogP contribution is 2.12. The summed E-state index contributed by atoms with van der Waals surface area (Å²) in [7, 11) is 0. The van der Waals surface area contributed by atoms with E-state index in [0.29, 0.717) is 0 Å². The van der Waals surface area contributed by atoms with Gasteiger partial charge in [0, 0.05) is 6.04 Å². The Bertz CT molecular complexity index is 191. The van der Waals surface area contributed by atoms with Gasteiger partial charge in [-0.1, -0.05) is 36.8 Å². The zero-order valence-electron chi connectivity index (χ0n) is 8.08. The topological polar surface area (TPSA) is 29.1 Å². The summed E-state index contributed by atoms with van der Waals surface area (Å²) < 4.78 is 0. The van der Waals surface area contributed by atoms with Crippen LogP contribution in [0.1, 0.15) is 32.1 Å². The smallest absolute Gasteiger partial charge is 0.279 e. The van der Waals surface area contributed by atoms with Crippen molar-refractivity contribution in [3.05, 3.63) is 12.2 Å². The van der Waals surface area contributed by atoms with Crippen LogP contribution in [0.25, 0.3) is 0 Å². The van der Waals surface area contributed by atoms with Crippen molar-refractivity contribution in [2.24, 2.45) is 0 Å². The average molecular weight is 199 g/mol. The molecule has 1 aliphatic carbocycles. The van der Waals surface area contributed by atoms with Crippen LogP contribution in [0.15, 0.2) is 12.2 Å². The summed E-state index contributed by atoms with van der Waals surface area (Å²) in [6, 6.07) is 0.264. The standard InChI is InChI=1S/C10H17NOS/c1-13-10(12)11-9-7-5-3-2-4-6-8-9/h5,7,9H,2-4,6,8H2,1H3,(H,11,12)/b7-5+. The van der Waals surface area contributed by atoms with Crippen LogP contribution >= 0.6 is 11.8 Å². The van der Waals surface area contributed by atoms with Gasteiger partial charge in [-0.2, -0.15) is 0 Å². The predicted octanol–water partition coefficient (Wildman–Crippen LogP) is 2.95. The van der Waals surface area contributed by atoms with Crippen molar-refractivity contribution in [3.63, 3.8) is 0 Å². The molecular formula is C10H17NOS. The van der Waals surface area contributed by atoms with Crippen molar-refractivity contribution < 1.29 is 4.79 Å². The van der Waals surface area contributed by atoms with Crippen LogP contribution in [0.2, 0.25) is 0 Å². The van der Waals surface area contributed by atoms with Gasteiger partial charge >= 0.3 is 0 Å². The molecule has 0 aromatic heterocycles. The summed E-state index contributed by atoms with van der Waals surface area (Å²) in [6.07, 6.45) is 12.2. The lowest BCUT2D eigenvalue weighted by Gasteiger charge is -2.15. The Morgan fingerprint density at radius 2 is 2.31 bits per heavy atom. The minimum atomic E-state index is 0.0789. The molecule has 0 saturated carbocycles. The number of carbonyl (C=O) groups is 1. The molecule has 0 aromatic rings. The van der Waals surface area contributed by atoms with E-state index in [1.54, 1.807) is 0 Å². The zero-order valence-corrected chi connectivity index (χ0v) is 8.90. The fourth-order valence-corrected chi connectivity index (χ4v) is 1.76. The molecule has 0 aromatic carbocycles. The van der Waals surface area contributed by atoms with E-state index in [1.165, 1.54) is 31.0 Å². The summed E-state index contributed by atoms with van der Waals surface area (Å²) in [4.78, 5) is 11.1. The van der Waals surface area contributed by atoms with E-state index in [1.807, 2.05) is 6.26 Å². The maximum atomic E-state index is 11.1. The summed E-state index contributed by atoms with van der Waals surface area (Å²) >= 11 is 1.25. The summed E-state index contributed by atoms with van der Waals surface area (Å²) in [5.41, 5.74) is 0. The van der Waals surface area contributed by atoms with Gasteiger partial charge in [0.2, 0.25) is 0 Å². The molecule has 74 valence electrons. The highest BCUT2D eigenvalue weighted by atomic mass is 32.2. The number of carbonyl (C=O) groups excluding carboxylic acids is 1. The van der Waals surface area contributed by atoms with Gasteiger partial charge in [0.25, 0.3) is 5.24 Å². The SMILES string of the molecule is CSC(=O)NC1/C=C/CCCCC1. The van der Waals surface area contributed by atoms with Crippen molar-refractivity contribution >= 4 is 17.0 Å². The van der Waals surface area contributed by atoms with Crippen molar-refractivity contribution in [2.75, 3.05) is 6.26 Å². The number of hydrogen-bond acceptors (Lipinski definition) is 2. The van der Waals surface area contributed by atoms with E-state index in [2.05, 4.69) is 17.5 Å². The van der Waals surface area contributed by atoms with Gasteiger partial charge in [-0.25, -0.2) is 0 Å². The minimum absolute atomic E-state index is 0.0789. The molecule has 2 nitrogen and oxygen atoms in total. The molecule has 0 bridgehead atoms. The first-order valence-electron chi connectivity index (χ1n) is 4.84. The second-order valence-electron chi connectivity index (χ2n) is 3.31. The minimum Gasteiger partial charge on any atom is -0.341 e. The van der Waals surface area contributed by atoms with Gasteiger partial charge in [-0.15, -0.1) is 0 Å². The van der Waals surface area contributed by atoms with Crippen LogP contribution in [0, 0.1) is 0 Å². The first kappa shape index (κ1) is 10.6. The van der Waals surface area contributed by atoms with E-state index < -0.39 is 0 Å². The van der Waals surface area contributed by atoms with E-state index in [-0.39, 0.29) is 11.3 Å². The van der Waals surface area contributed by atoms with Gasteiger partial charge < -0.3 is 5.32 Å². The molecule has 0 spiro atoms. The first-order valence-corrected chi connectivity index (χ1v) is 6.06.